The van der Waals surface area contributed by atoms with E-state index in [-0.39, 0.29) is 24.0 Å². The summed E-state index contributed by atoms with van der Waals surface area (Å²) in [6.45, 7) is 1.85. The third-order valence-electron chi connectivity index (χ3n) is 6.20. The fraction of sp³-hybridized carbons (Fsp3) is 0.636. The molecule has 1 aliphatic carbocycles. The van der Waals surface area contributed by atoms with Crippen LogP contribution in [-0.4, -0.2) is 46.2 Å². The summed E-state index contributed by atoms with van der Waals surface area (Å²) in [5.74, 6) is 0.439. The summed E-state index contributed by atoms with van der Waals surface area (Å²) >= 11 is 0. The predicted octanol–water partition coefficient (Wildman–Crippen LogP) is 3.65. The maximum atomic E-state index is 12.6. The first kappa shape index (κ1) is 19.9. The third-order valence-corrected chi connectivity index (χ3v) is 6.20. The Morgan fingerprint density at radius 3 is 2.45 bits per heavy atom. The molecule has 2 aromatic heterocycles. The smallest absolute Gasteiger partial charge is 0.359 e. The van der Waals surface area contributed by atoms with Gasteiger partial charge in [0.15, 0.2) is 23.7 Å². The number of rotatable bonds is 5. The van der Waals surface area contributed by atoms with E-state index in [0.29, 0.717) is 11.0 Å². The summed E-state index contributed by atoms with van der Waals surface area (Å²) in [4.78, 5) is 32.0. The summed E-state index contributed by atoms with van der Waals surface area (Å²) in [5, 5.41) is 5.00. The van der Waals surface area contributed by atoms with Crippen molar-refractivity contribution in [2.75, 3.05) is 24.6 Å². The third kappa shape index (κ3) is 4.43. The summed E-state index contributed by atoms with van der Waals surface area (Å²) in [5.41, 5.74) is 0.895. The zero-order chi connectivity index (χ0) is 20.2. The van der Waals surface area contributed by atoms with Crippen LogP contribution in [0.4, 0.5) is 5.82 Å². The lowest BCUT2D eigenvalue weighted by Crippen LogP contribution is -2.24. The molecule has 1 saturated carbocycles. The van der Waals surface area contributed by atoms with Crippen LogP contribution in [0.15, 0.2) is 12.1 Å². The number of carbonyl (C=O) groups excluding carboxylic acids is 2. The lowest BCUT2D eigenvalue weighted by molar-refractivity contribution is -0.126. The van der Waals surface area contributed by atoms with Crippen LogP contribution in [-0.2, 0) is 16.6 Å². The molecule has 0 bridgehead atoms. The Balaban J connectivity index is 1.47. The van der Waals surface area contributed by atoms with E-state index in [1.807, 2.05) is 12.1 Å². The van der Waals surface area contributed by atoms with Gasteiger partial charge in [-0.3, -0.25) is 4.79 Å². The number of esters is 1. The Kier molecular flexibility index (Phi) is 6.11. The molecule has 0 amide bonds. The first-order chi connectivity index (χ1) is 14.1. The highest BCUT2D eigenvalue weighted by Crippen LogP contribution is 2.25. The van der Waals surface area contributed by atoms with Crippen LogP contribution in [0, 0.1) is 5.92 Å². The lowest BCUT2D eigenvalue weighted by atomic mass is 9.86. The van der Waals surface area contributed by atoms with Gasteiger partial charge in [0.1, 0.15) is 5.82 Å². The molecule has 7 nitrogen and oxygen atoms in total. The molecule has 4 rings (SSSR count). The van der Waals surface area contributed by atoms with E-state index in [0.717, 1.165) is 44.6 Å². The van der Waals surface area contributed by atoms with Gasteiger partial charge < -0.3 is 9.64 Å². The summed E-state index contributed by atoms with van der Waals surface area (Å²) in [7, 11) is 1.78. The monoisotopic (exact) mass is 398 g/mol. The molecule has 156 valence electrons. The zero-order valence-corrected chi connectivity index (χ0v) is 17.2. The van der Waals surface area contributed by atoms with Crippen molar-refractivity contribution in [2.45, 2.75) is 57.8 Å². The number of pyridine rings is 1. The maximum absolute atomic E-state index is 12.6. The molecule has 1 saturated heterocycles. The Hall–Kier alpha value is -2.44. The number of carbonyl (C=O) groups is 2. The molecule has 0 radical (unpaired) electrons. The molecule has 3 heterocycles. The van der Waals surface area contributed by atoms with Gasteiger partial charge in [0.25, 0.3) is 0 Å². The molecule has 29 heavy (non-hydrogen) atoms. The molecule has 2 aromatic rings. The van der Waals surface area contributed by atoms with Crippen molar-refractivity contribution in [3.63, 3.8) is 0 Å². The summed E-state index contributed by atoms with van der Waals surface area (Å²) < 4.78 is 6.95. The molecule has 2 fully saturated rings. The van der Waals surface area contributed by atoms with Gasteiger partial charge in [-0.1, -0.05) is 32.1 Å². The molecular weight excluding hydrogens is 368 g/mol. The van der Waals surface area contributed by atoms with Crippen molar-refractivity contribution in [1.29, 1.82) is 0 Å². The average molecular weight is 399 g/mol. The van der Waals surface area contributed by atoms with Crippen molar-refractivity contribution in [3.8, 4) is 0 Å². The second-order valence-electron chi connectivity index (χ2n) is 8.29. The zero-order valence-electron chi connectivity index (χ0n) is 17.2. The number of hydrogen-bond donors (Lipinski definition) is 0. The van der Waals surface area contributed by atoms with E-state index in [1.165, 1.54) is 32.1 Å². The highest BCUT2D eigenvalue weighted by Gasteiger charge is 2.24. The largest absolute Gasteiger partial charge is 0.453 e. The molecule has 7 heteroatoms. The van der Waals surface area contributed by atoms with Gasteiger partial charge in [0, 0.05) is 26.1 Å². The Morgan fingerprint density at radius 1 is 1.03 bits per heavy atom. The van der Waals surface area contributed by atoms with Gasteiger partial charge in [-0.05, 0) is 37.8 Å². The molecule has 0 aromatic carbocycles. The minimum absolute atomic E-state index is 0.0276. The molecular formula is C22H30N4O3. The van der Waals surface area contributed by atoms with Crippen LogP contribution >= 0.6 is 0 Å². The number of aryl methyl sites for hydroxylation is 1. The molecule has 1 aliphatic heterocycles. The first-order valence-electron chi connectivity index (χ1n) is 10.9. The van der Waals surface area contributed by atoms with Crippen LogP contribution in [0.2, 0.25) is 0 Å². The van der Waals surface area contributed by atoms with Gasteiger partial charge in [0.2, 0.25) is 0 Å². The van der Waals surface area contributed by atoms with E-state index >= 15 is 0 Å². The van der Waals surface area contributed by atoms with Crippen LogP contribution in [0.3, 0.4) is 0 Å². The van der Waals surface area contributed by atoms with Crippen LogP contribution in [0.1, 0.15) is 68.3 Å². The van der Waals surface area contributed by atoms with Crippen LogP contribution < -0.4 is 4.90 Å². The molecule has 2 aliphatic rings. The quantitative estimate of drug-likeness (QED) is 0.716. The van der Waals surface area contributed by atoms with Gasteiger partial charge in [0.05, 0.1) is 5.39 Å². The van der Waals surface area contributed by atoms with Crippen molar-refractivity contribution in [1.82, 2.24) is 14.8 Å². The van der Waals surface area contributed by atoms with Gasteiger partial charge in [-0.2, -0.15) is 5.10 Å². The lowest BCUT2D eigenvalue weighted by Gasteiger charge is -2.21. The van der Waals surface area contributed by atoms with Crippen molar-refractivity contribution in [2.24, 2.45) is 13.0 Å². The average Bonchev–Trinajstić information content (AvgIpc) is 2.92. The number of hydrogen-bond acceptors (Lipinski definition) is 6. The molecule has 0 atom stereocenters. The van der Waals surface area contributed by atoms with E-state index in [1.54, 1.807) is 11.7 Å². The molecule has 0 N–H and O–H groups in total. The molecule has 0 spiro atoms. The van der Waals surface area contributed by atoms with Crippen molar-refractivity contribution < 1.29 is 14.3 Å². The van der Waals surface area contributed by atoms with Gasteiger partial charge >= 0.3 is 5.97 Å². The highest BCUT2D eigenvalue weighted by molar-refractivity contribution is 6.02. The van der Waals surface area contributed by atoms with E-state index < -0.39 is 5.97 Å². The minimum atomic E-state index is -0.552. The number of aromatic nitrogens is 3. The number of anilines is 1. The predicted molar refractivity (Wildman–Crippen MR) is 111 cm³/mol. The summed E-state index contributed by atoms with van der Waals surface area (Å²) in [6.07, 6.45) is 10.1. The Labute approximate surface area is 171 Å². The maximum Gasteiger partial charge on any atom is 0.359 e. The standard InChI is InChI=1S/C22H30N4O3/c1-25-21-17(11-12-19(23-21)26-13-7-2-3-8-14-26)20(24-25)22(28)29-15-18(27)16-9-5-4-6-10-16/h11-12,16H,2-10,13-15H2,1H3. The minimum Gasteiger partial charge on any atom is -0.453 e. The molecule has 0 unspecified atom stereocenters. The van der Waals surface area contributed by atoms with E-state index in [2.05, 4.69) is 10.00 Å². The summed E-state index contributed by atoms with van der Waals surface area (Å²) in [6, 6.07) is 3.86. The topological polar surface area (TPSA) is 77.3 Å². The SMILES string of the molecule is Cn1nc(C(=O)OCC(=O)C2CCCCC2)c2ccc(N3CCCCCC3)nc21. The second-order valence-corrected chi connectivity index (χ2v) is 8.29. The number of ketones is 1. The number of ether oxygens (including phenoxy) is 1. The Morgan fingerprint density at radius 2 is 1.72 bits per heavy atom. The van der Waals surface area contributed by atoms with Crippen LogP contribution in [0.25, 0.3) is 11.0 Å². The second kappa shape index (κ2) is 8.93. The number of nitrogens with zero attached hydrogens (tertiary/aromatic N) is 4. The van der Waals surface area contributed by atoms with Gasteiger partial charge in [-0.15, -0.1) is 0 Å². The number of fused-ring (bicyclic) bond motifs is 1. The fourth-order valence-corrected chi connectivity index (χ4v) is 4.50. The Bertz CT molecular complexity index is 878. The first-order valence-corrected chi connectivity index (χ1v) is 10.9. The van der Waals surface area contributed by atoms with E-state index in [4.69, 9.17) is 9.72 Å². The van der Waals surface area contributed by atoms with Gasteiger partial charge in [-0.25, -0.2) is 14.5 Å². The van der Waals surface area contributed by atoms with Crippen molar-refractivity contribution in [3.05, 3.63) is 17.8 Å². The normalized spacial score (nSPS) is 18.6. The fourth-order valence-electron chi connectivity index (χ4n) is 4.50. The number of Topliss-reactive ketones (excluding diaryl/α,β-unsaturated/α-hetero) is 1. The van der Waals surface area contributed by atoms with Crippen molar-refractivity contribution >= 4 is 28.6 Å². The highest BCUT2D eigenvalue weighted by atomic mass is 16.5. The van der Waals surface area contributed by atoms with Crippen LogP contribution in [0.5, 0.6) is 0 Å². The van der Waals surface area contributed by atoms with E-state index in [9.17, 15) is 9.59 Å².